The SMILES string of the molecule is CN(C1CCCCC1)C1CCN(c2ccc3c(c2)C(=O)N(C2CCC(=O)NC2=O)C3)CC1. The van der Waals surface area contributed by atoms with Crippen molar-refractivity contribution in [1.82, 2.24) is 15.1 Å². The summed E-state index contributed by atoms with van der Waals surface area (Å²) in [5.74, 6) is -0.703. The Balaban J connectivity index is 1.22. The van der Waals surface area contributed by atoms with Gasteiger partial charge in [-0.2, -0.15) is 0 Å². The zero-order chi connectivity index (χ0) is 22.2. The number of anilines is 1. The summed E-state index contributed by atoms with van der Waals surface area (Å²) in [5, 5.41) is 2.37. The molecule has 0 bridgehead atoms. The van der Waals surface area contributed by atoms with Gasteiger partial charge in [-0.3, -0.25) is 19.7 Å². The minimum Gasteiger partial charge on any atom is -0.371 e. The molecule has 172 valence electrons. The van der Waals surface area contributed by atoms with Crippen molar-refractivity contribution in [2.24, 2.45) is 0 Å². The molecule has 1 aromatic carbocycles. The van der Waals surface area contributed by atoms with Crippen LogP contribution in [0.5, 0.6) is 0 Å². The molecule has 0 spiro atoms. The molecule has 32 heavy (non-hydrogen) atoms. The zero-order valence-electron chi connectivity index (χ0n) is 19.0. The van der Waals surface area contributed by atoms with E-state index in [0.29, 0.717) is 24.6 Å². The van der Waals surface area contributed by atoms with Crippen LogP contribution in [0.1, 0.15) is 73.7 Å². The lowest BCUT2D eigenvalue weighted by atomic mass is 9.91. The van der Waals surface area contributed by atoms with Gasteiger partial charge < -0.3 is 14.7 Å². The van der Waals surface area contributed by atoms with Gasteiger partial charge in [0.05, 0.1) is 0 Å². The van der Waals surface area contributed by atoms with Crippen LogP contribution in [0.3, 0.4) is 0 Å². The van der Waals surface area contributed by atoms with E-state index in [0.717, 1.165) is 43.2 Å². The first-order valence-electron chi connectivity index (χ1n) is 12.3. The summed E-state index contributed by atoms with van der Waals surface area (Å²) in [6.07, 6.45) is 9.80. The molecule has 1 atom stereocenters. The van der Waals surface area contributed by atoms with Crippen LogP contribution in [0.2, 0.25) is 0 Å². The van der Waals surface area contributed by atoms with Gasteiger partial charge in [0.1, 0.15) is 6.04 Å². The van der Waals surface area contributed by atoms with Crippen LogP contribution in [0.25, 0.3) is 0 Å². The predicted octanol–water partition coefficient (Wildman–Crippen LogP) is 2.68. The van der Waals surface area contributed by atoms with E-state index in [-0.39, 0.29) is 24.1 Å². The fourth-order valence-corrected chi connectivity index (χ4v) is 6.06. The lowest BCUT2D eigenvalue weighted by Crippen LogP contribution is -2.52. The standard InChI is InChI=1S/C25H34N4O3/c1-27(18-5-3-2-4-6-18)19-11-13-28(14-12-19)20-8-7-17-16-29(25(32)21(17)15-20)22-9-10-23(30)26-24(22)31/h7-8,15,18-19,22H,2-6,9-14,16H2,1H3,(H,26,30,31). The minimum atomic E-state index is -0.554. The maximum atomic E-state index is 13.1. The van der Waals surface area contributed by atoms with Gasteiger partial charge in [-0.15, -0.1) is 0 Å². The molecule has 3 heterocycles. The van der Waals surface area contributed by atoms with Gasteiger partial charge in [-0.1, -0.05) is 25.3 Å². The Morgan fingerprint density at radius 3 is 2.38 bits per heavy atom. The number of nitrogens with one attached hydrogen (secondary N) is 1. The van der Waals surface area contributed by atoms with Gasteiger partial charge in [-0.25, -0.2) is 0 Å². The van der Waals surface area contributed by atoms with Gasteiger partial charge in [0, 0.05) is 49.4 Å². The highest BCUT2D eigenvalue weighted by molar-refractivity contribution is 6.05. The molecular formula is C25H34N4O3. The van der Waals surface area contributed by atoms with Crippen LogP contribution in [-0.4, -0.2) is 65.8 Å². The summed E-state index contributed by atoms with van der Waals surface area (Å²) < 4.78 is 0. The molecule has 3 aliphatic heterocycles. The van der Waals surface area contributed by atoms with Crippen molar-refractivity contribution in [3.63, 3.8) is 0 Å². The molecule has 4 aliphatic rings. The number of imide groups is 1. The fraction of sp³-hybridized carbons (Fsp3) is 0.640. The van der Waals surface area contributed by atoms with Crippen molar-refractivity contribution in [1.29, 1.82) is 0 Å². The molecule has 0 aromatic heterocycles. The first-order valence-corrected chi connectivity index (χ1v) is 12.3. The minimum absolute atomic E-state index is 0.0942. The number of hydrogen-bond acceptors (Lipinski definition) is 5. The average molecular weight is 439 g/mol. The molecule has 1 unspecified atom stereocenters. The number of hydrogen-bond donors (Lipinski definition) is 1. The van der Waals surface area contributed by atoms with E-state index in [9.17, 15) is 14.4 Å². The lowest BCUT2D eigenvalue weighted by Gasteiger charge is -2.42. The van der Waals surface area contributed by atoms with Gasteiger partial charge in [0.25, 0.3) is 5.91 Å². The average Bonchev–Trinajstić information content (AvgIpc) is 3.15. The summed E-state index contributed by atoms with van der Waals surface area (Å²) >= 11 is 0. The summed E-state index contributed by atoms with van der Waals surface area (Å²) in [7, 11) is 2.31. The zero-order valence-corrected chi connectivity index (χ0v) is 19.0. The predicted molar refractivity (Wildman–Crippen MR) is 122 cm³/mol. The van der Waals surface area contributed by atoms with Crippen molar-refractivity contribution in [3.8, 4) is 0 Å². The van der Waals surface area contributed by atoms with E-state index in [2.05, 4.69) is 28.2 Å². The van der Waals surface area contributed by atoms with E-state index < -0.39 is 6.04 Å². The Bertz CT molecular complexity index is 902. The maximum absolute atomic E-state index is 13.1. The van der Waals surface area contributed by atoms with Gasteiger partial charge >= 0.3 is 0 Å². The molecule has 1 aliphatic carbocycles. The van der Waals surface area contributed by atoms with Crippen molar-refractivity contribution in [2.75, 3.05) is 25.0 Å². The molecule has 7 nitrogen and oxygen atoms in total. The highest BCUT2D eigenvalue weighted by Gasteiger charge is 2.39. The Hall–Kier alpha value is -2.41. The number of amides is 3. The quantitative estimate of drug-likeness (QED) is 0.732. The number of carbonyl (C=O) groups excluding carboxylic acids is 3. The van der Waals surface area contributed by atoms with Crippen molar-refractivity contribution >= 4 is 23.4 Å². The smallest absolute Gasteiger partial charge is 0.255 e. The van der Waals surface area contributed by atoms with E-state index in [4.69, 9.17) is 0 Å². The summed E-state index contributed by atoms with van der Waals surface area (Å²) in [4.78, 5) is 43.5. The summed E-state index contributed by atoms with van der Waals surface area (Å²) in [5.41, 5.74) is 2.77. The third-order valence-electron chi connectivity index (χ3n) is 8.07. The number of rotatable bonds is 4. The maximum Gasteiger partial charge on any atom is 0.255 e. The molecule has 1 saturated carbocycles. The second-order valence-corrected chi connectivity index (χ2v) is 9.92. The number of piperidine rings is 2. The van der Waals surface area contributed by atoms with Crippen LogP contribution < -0.4 is 10.2 Å². The second kappa shape index (κ2) is 8.85. The molecule has 7 heteroatoms. The van der Waals surface area contributed by atoms with E-state index in [1.165, 1.54) is 32.1 Å². The third-order valence-corrected chi connectivity index (χ3v) is 8.07. The Morgan fingerprint density at radius 1 is 0.938 bits per heavy atom. The van der Waals surface area contributed by atoms with Crippen molar-refractivity contribution in [3.05, 3.63) is 29.3 Å². The monoisotopic (exact) mass is 438 g/mol. The first-order chi connectivity index (χ1) is 15.5. The van der Waals surface area contributed by atoms with Crippen LogP contribution in [0, 0.1) is 0 Å². The molecule has 1 aromatic rings. The van der Waals surface area contributed by atoms with Gasteiger partial charge in [-0.05, 0) is 56.8 Å². The molecule has 5 rings (SSSR count). The number of carbonyl (C=O) groups is 3. The lowest BCUT2D eigenvalue weighted by molar-refractivity contribution is -0.136. The van der Waals surface area contributed by atoms with E-state index >= 15 is 0 Å². The third kappa shape index (κ3) is 4.03. The first kappa shape index (κ1) is 21.4. The Kier molecular flexibility index (Phi) is 5.93. The Morgan fingerprint density at radius 2 is 1.66 bits per heavy atom. The highest BCUT2D eigenvalue weighted by atomic mass is 16.2. The van der Waals surface area contributed by atoms with Crippen LogP contribution in [0.4, 0.5) is 5.69 Å². The molecule has 3 fully saturated rings. The van der Waals surface area contributed by atoms with Crippen LogP contribution in [0.15, 0.2) is 18.2 Å². The highest BCUT2D eigenvalue weighted by Crippen LogP contribution is 2.32. The summed E-state index contributed by atoms with van der Waals surface area (Å²) in [6, 6.07) is 7.00. The van der Waals surface area contributed by atoms with Gasteiger partial charge in [0.2, 0.25) is 11.8 Å². The molecule has 0 radical (unpaired) electrons. The fourth-order valence-electron chi connectivity index (χ4n) is 6.06. The van der Waals surface area contributed by atoms with Crippen LogP contribution >= 0.6 is 0 Å². The summed E-state index contributed by atoms with van der Waals surface area (Å²) in [6.45, 7) is 2.45. The number of fused-ring (bicyclic) bond motifs is 1. The Labute approximate surface area is 190 Å². The molecule has 2 saturated heterocycles. The topological polar surface area (TPSA) is 73.0 Å². The van der Waals surface area contributed by atoms with Crippen molar-refractivity contribution < 1.29 is 14.4 Å². The second-order valence-electron chi connectivity index (χ2n) is 9.92. The van der Waals surface area contributed by atoms with E-state index in [1.54, 1.807) is 4.90 Å². The van der Waals surface area contributed by atoms with Crippen molar-refractivity contribution in [2.45, 2.75) is 82.5 Å². The molecule has 1 N–H and O–H groups in total. The van der Waals surface area contributed by atoms with Crippen LogP contribution in [-0.2, 0) is 16.1 Å². The molecule has 3 amide bonds. The molecular weight excluding hydrogens is 404 g/mol. The number of benzene rings is 1. The van der Waals surface area contributed by atoms with Gasteiger partial charge in [0.15, 0.2) is 0 Å². The van der Waals surface area contributed by atoms with E-state index in [1.807, 2.05) is 12.1 Å². The number of nitrogens with zero attached hydrogens (tertiary/aromatic N) is 3. The normalized spacial score (nSPS) is 25.4. The largest absolute Gasteiger partial charge is 0.371 e.